The smallest absolute Gasteiger partial charge is 0.183 e. The molecule has 122 valence electrons. The summed E-state index contributed by atoms with van der Waals surface area (Å²) >= 11 is 2.44. The molecule has 0 N–H and O–H groups in total. The first-order valence-electron chi connectivity index (χ1n) is 7.41. The molecule has 0 bridgehead atoms. The van der Waals surface area contributed by atoms with Gasteiger partial charge in [-0.2, -0.15) is 0 Å². The Morgan fingerprint density at radius 3 is 3.00 bits per heavy atom. The number of benzene rings is 1. The maximum atomic E-state index is 11.8. The van der Waals surface area contributed by atoms with Crippen LogP contribution < -0.4 is 0 Å². The van der Waals surface area contributed by atoms with E-state index in [-0.39, 0.29) is 0 Å². The number of hydrogen-bond acceptors (Lipinski definition) is 5. The number of thioether (sulfide) groups is 1. The zero-order valence-corrected chi connectivity index (χ0v) is 15.5. The summed E-state index contributed by atoms with van der Waals surface area (Å²) in [5, 5.41) is 4.21. The van der Waals surface area contributed by atoms with E-state index in [1.807, 2.05) is 41.1 Å². The third-order valence-electron chi connectivity index (χ3n) is 3.71. The minimum absolute atomic E-state index is 0.458. The Hall–Kier alpha value is -1.54. The number of thiophene rings is 1. The van der Waals surface area contributed by atoms with Gasteiger partial charge in [-0.15, -0.1) is 11.3 Å². The highest BCUT2D eigenvalue weighted by molar-refractivity contribution is 7.98. The Morgan fingerprint density at radius 2 is 2.12 bits per heavy atom. The van der Waals surface area contributed by atoms with E-state index in [0.717, 1.165) is 27.6 Å². The minimum atomic E-state index is -0.929. The summed E-state index contributed by atoms with van der Waals surface area (Å²) < 4.78 is 15.0. The van der Waals surface area contributed by atoms with Crippen LogP contribution in [0.1, 0.15) is 5.69 Å². The van der Waals surface area contributed by atoms with Crippen molar-refractivity contribution in [1.29, 1.82) is 0 Å². The molecule has 0 aliphatic heterocycles. The van der Waals surface area contributed by atoms with E-state index < -0.39 is 11.2 Å². The van der Waals surface area contributed by atoms with Gasteiger partial charge in [0, 0.05) is 11.9 Å². The molecule has 0 radical (unpaired) electrons. The fraction of sp³-hybridized carbons (Fsp3) is 0.176. The molecule has 24 heavy (non-hydrogen) atoms. The first-order valence-corrected chi connectivity index (χ1v) is 11.0. The molecular formula is C17H15N3OS3. The highest BCUT2D eigenvalue weighted by Gasteiger charge is 2.15. The molecule has 4 aromatic rings. The van der Waals surface area contributed by atoms with Crippen molar-refractivity contribution in [2.45, 2.75) is 16.8 Å². The Balaban J connectivity index is 1.68. The van der Waals surface area contributed by atoms with Crippen LogP contribution in [0.5, 0.6) is 0 Å². The molecule has 3 heterocycles. The maximum Gasteiger partial charge on any atom is 0.183 e. The standard InChI is InChI=1S/C17H15N3OS3/c1-24(21)11-20-15-5-3-2-4-13(15)19-17(20)23-10-14-16-12(6-8-18-14)7-9-22-16/h2-9H,10-11H2,1H3. The summed E-state index contributed by atoms with van der Waals surface area (Å²) in [5.41, 5.74) is 3.04. The second kappa shape index (κ2) is 6.76. The summed E-state index contributed by atoms with van der Waals surface area (Å²) in [4.78, 5) is 9.25. The van der Waals surface area contributed by atoms with Gasteiger partial charge in [0.2, 0.25) is 0 Å². The first-order chi connectivity index (χ1) is 11.7. The van der Waals surface area contributed by atoms with Crippen LogP contribution in [0.15, 0.2) is 53.1 Å². The van der Waals surface area contributed by atoms with Crippen LogP contribution in [0.3, 0.4) is 0 Å². The number of imidazole rings is 1. The van der Waals surface area contributed by atoms with E-state index >= 15 is 0 Å². The van der Waals surface area contributed by atoms with Gasteiger partial charge in [0.15, 0.2) is 11.0 Å². The minimum Gasteiger partial charge on any atom is -0.615 e. The molecule has 4 rings (SSSR count). The van der Waals surface area contributed by atoms with Crippen LogP contribution in [0.25, 0.3) is 21.1 Å². The summed E-state index contributed by atoms with van der Waals surface area (Å²) in [5.74, 6) is 1.21. The van der Waals surface area contributed by atoms with E-state index in [0.29, 0.717) is 5.88 Å². The summed E-state index contributed by atoms with van der Waals surface area (Å²) in [7, 11) is 0. The van der Waals surface area contributed by atoms with Crippen molar-refractivity contribution in [1.82, 2.24) is 14.5 Å². The summed E-state index contributed by atoms with van der Waals surface area (Å²) in [6.07, 6.45) is 3.58. The summed E-state index contributed by atoms with van der Waals surface area (Å²) in [6, 6.07) is 12.1. The highest BCUT2D eigenvalue weighted by atomic mass is 32.2. The average molecular weight is 374 g/mol. The number of hydrogen-bond donors (Lipinski definition) is 0. The van der Waals surface area contributed by atoms with E-state index in [9.17, 15) is 4.55 Å². The fourth-order valence-electron chi connectivity index (χ4n) is 2.66. The lowest BCUT2D eigenvalue weighted by molar-refractivity contribution is 0.585. The maximum absolute atomic E-state index is 11.8. The van der Waals surface area contributed by atoms with Crippen molar-refractivity contribution >= 4 is 55.4 Å². The number of pyridine rings is 1. The number of fused-ring (bicyclic) bond motifs is 2. The van der Waals surface area contributed by atoms with Crippen LogP contribution in [-0.2, 0) is 22.8 Å². The van der Waals surface area contributed by atoms with Gasteiger partial charge in [-0.1, -0.05) is 23.9 Å². The molecule has 0 spiro atoms. The Bertz CT molecular complexity index is 993. The van der Waals surface area contributed by atoms with Crippen LogP contribution in [0.4, 0.5) is 0 Å². The second-order valence-electron chi connectivity index (χ2n) is 5.40. The van der Waals surface area contributed by atoms with Crippen LogP contribution >= 0.6 is 23.1 Å². The van der Waals surface area contributed by atoms with Gasteiger partial charge in [0.25, 0.3) is 0 Å². The predicted molar refractivity (Wildman–Crippen MR) is 103 cm³/mol. The largest absolute Gasteiger partial charge is 0.615 e. The molecule has 4 nitrogen and oxygen atoms in total. The molecule has 0 saturated heterocycles. The highest BCUT2D eigenvalue weighted by Crippen LogP contribution is 2.30. The van der Waals surface area contributed by atoms with Crippen molar-refractivity contribution in [3.63, 3.8) is 0 Å². The van der Waals surface area contributed by atoms with Gasteiger partial charge < -0.3 is 4.55 Å². The van der Waals surface area contributed by atoms with Gasteiger partial charge in [-0.25, -0.2) is 4.98 Å². The van der Waals surface area contributed by atoms with E-state index in [4.69, 9.17) is 4.98 Å². The number of rotatable bonds is 5. The second-order valence-corrected chi connectivity index (χ2v) is 8.66. The van der Waals surface area contributed by atoms with E-state index in [1.54, 1.807) is 29.4 Å². The van der Waals surface area contributed by atoms with E-state index in [1.165, 1.54) is 10.1 Å². The van der Waals surface area contributed by atoms with Crippen molar-refractivity contribution in [3.05, 3.63) is 53.7 Å². The normalized spacial score (nSPS) is 12.9. The van der Waals surface area contributed by atoms with Gasteiger partial charge >= 0.3 is 0 Å². The quantitative estimate of drug-likeness (QED) is 0.387. The molecule has 1 unspecified atom stereocenters. The third-order valence-corrected chi connectivity index (χ3v) is 6.30. The molecular weight excluding hydrogens is 358 g/mol. The fourth-order valence-corrected chi connectivity index (χ4v) is 5.31. The molecule has 0 saturated carbocycles. The first kappa shape index (κ1) is 16.0. The molecule has 1 aromatic carbocycles. The Kier molecular flexibility index (Phi) is 4.49. The van der Waals surface area contributed by atoms with Gasteiger partial charge in [0.05, 0.1) is 27.7 Å². The van der Waals surface area contributed by atoms with Crippen molar-refractivity contribution in [3.8, 4) is 0 Å². The van der Waals surface area contributed by atoms with Crippen LogP contribution in [0.2, 0.25) is 0 Å². The SMILES string of the molecule is C[S+]([O-])Cn1c(SCc2nccc3ccsc23)nc2ccccc21. The summed E-state index contributed by atoms with van der Waals surface area (Å²) in [6.45, 7) is 0. The van der Waals surface area contributed by atoms with Crippen molar-refractivity contribution in [2.24, 2.45) is 0 Å². The van der Waals surface area contributed by atoms with Crippen molar-refractivity contribution < 1.29 is 4.55 Å². The molecule has 7 heteroatoms. The molecule has 0 aliphatic rings. The van der Waals surface area contributed by atoms with Crippen molar-refractivity contribution in [2.75, 3.05) is 6.26 Å². The zero-order valence-electron chi connectivity index (χ0n) is 13.0. The number of para-hydroxylation sites is 2. The topological polar surface area (TPSA) is 53.8 Å². The number of aromatic nitrogens is 3. The number of nitrogens with zero attached hydrogens (tertiary/aromatic N) is 3. The molecule has 0 amide bonds. The lowest BCUT2D eigenvalue weighted by atomic mass is 10.3. The lowest BCUT2D eigenvalue weighted by Crippen LogP contribution is -2.09. The van der Waals surface area contributed by atoms with E-state index in [2.05, 4.69) is 16.4 Å². The van der Waals surface area contributed by atoms with Crippen LogP contribution in [0, 0.1) is 0 Å². The lowest BCUT2D eigenvalue weighted by Gasteiger charge is -2.10. The monoisotopic (exact) mass is 373 g/mol. The van der Waals surface area contributed by atoms with Crippen LogP contribution in [-0.4, -0.2) is 25.3 Å². The van der Waals surface area contributed by atoms with Gasteiger partial charge in [-0.05, 0) is 46.2 Å². The Morgan fingerprint density at radius 1 is 1.25 bits per heavy atom. The van der Waals surface area contributed by atoms with Gasteiger partial charge in [-0.3, -0.25) is 9.55 Å². The zero-order chi connectivity index (χ0) is 16.5. The molecule has 1 atom stereocenters. The Labute approximate surface area is 151 Å². The molecule has 3 aromatic heterocycles. The predicted octanol–water partition coefficient (Wildman–Crippen LogP) is 4.27. The molecule has 0 aliphatic carbocycles. The average Bonchev–Trinajstić information content (AvgIpc) is 3.18. The molecule has 0 fully saturated rings. The van der Waals surface area contributed by atoms with Gasteiger partial charge in [0.1, 0.15) is 0 Å². The third kappa shape index (κ3) is 3.04.